The van der Waals surface area contributed by atoms with E-state index in [2.05, 4.69) is 57.2 Å². The molecular formula is C23H29N5O. The maximum atomic E-state index is 5.43. The molecule has 6 heteroatoms. The van der Waals surface area contributed by atoms with Crippen molar-refractivity contribution in [3.8, 4) is 0 Å². The van der Waals surface area contributed by atoms with Gasteiger partial charge >= 0.3 is 0 Å². The molecule has 0 radical (unpaired) electrons. The number of hydrogen-bond acceptors (Lipinski definition) is 6. The third-order valence-electron chi connectivity index (χ3n) is 5.96. The Bertz CT molecular complexity index is 980. The minimum absolute atomic E-state index is 0.521. The first-order valence-corrected chi connectivity index (χ1v) is 11.0. The van der Waals surface area contributed by atoms with Gasteiger partial charge in [0.05, 0.1) is 12.1 Å². The molecule has 2 aliphatic rings. The fraction of sp³-hybridized carbons (Fsp3) is 0.522. The van der Waals surface area contributed by atoms with E-state index in [0.29, 0.717) is 5.92 Å². The van der Waals surface area contributed by atoms with Gasteiger partial charge in [0.25, 0.3) is 0 Å². The highest BCUT2D eigenvalue weighted by molar-refractivity contribution is 5.92. The van der Waals surface area contributed by atoms with Gasteiger partial charge in [-0.25, -0.2) is 0 Å². The lowest BCUT2D eigenvalue weighted by molar-refractivity contribution is 0.271. The van der Waals surface area contributed by atoms with Crippen molar-refractivity contribution in [1.82, 2.24) is 20.0 Å². The van der Waals surface area contributed by atoms with Crippen LogP contribution in [0.5, 0.6) is 0 Å². The van der Waals surface area contributed by atoms with E-state index in [1.165, 1.54) is 29.6 Å². The van der Waals surface area contributed by atoms with Crippen molar-refractivity contribution in [2.75, 3.05) is 31.1 Å². The first kappa shape index (κ1) is 18.6. The summed E-state index contributed by atoms with van der Waals surface area (Å²) in [5, 5.41) is 5.46. The van der Waals surface area contributed by atoms with Crippen LogP contribution in [-0.4, -0.2) is 46.2 Å². The smallest absolute Gasteiger partial charge is 0.229 e. The average Bonchev–Trinajstić information content (AvgIpc) is 3.52. The summed E-state index contributed by atoms with van der Waals surface area (Å²) in [6.07, 6.45) is 5.67. The molecule has 1 aliphatic heterocycles. The Morgan fingerprint density at radius 3 is 2.83 bits per heavy atom. The van der Waals surface area contributed by atoms with Crippen LogP contribution in [0.1, 0.15) is 55.9 Å². The maximum Gasteiger partial charge on any atom is 0.229 e. The summed E-state index contributed by atoms with van der Waals surface area (Å²) in [7, 11) is 0. The van der Waals surface area contributed by atoms with E-state index in [0.717, 1.165) is 69.2 Å². The Kier molecular flexibility index (Phi) is 5.19. The minimum atomic E-state index is 0.521. The first-order chi connectivity index (χ1) is 14.3. The monoisotopic (exact) mass is 391 g/mol. The Morgan fingerprint density at radius 1 is 1.07 bits per heavy atom. The van der Waals surface area contributed by atoms with Crippen LogP contribution < -0.4 is 4.90 Å². The maximum absolute atomic E-state index is 5.43. The van der Waals surface area contributed by atoms with E-state index < -0.39 is 0 Å². The summed E-state index contributed by atoms with van der Waals surface area (Å²) in [6, 6.07) is 10.8. The Hall–Kier alpha value is -2.47. The molecule has 1 saturated heterocycles. The number of aromatic nitrogens is 3. The third kappa shape index (κ3) is 4.13. The zero-order chi connectivity index (χ0) is 19.6. The molecule has 0 amide bonds. The van der Waals surface area contributed by atoms with Crippen molar-refractivity contribution in [2.45, 2.75) is 51.5 Å². The van der Waals surface area contributed by atoms with Crippen LogP contribution in [0.3, 0.4) is 0 Å². The van der Waals surface area contributed by atoms with Gasteiger partial charge < -0.3 is 9.42 Å². The van der Waals surface area contributed by atoms with Crippen molar-refractivity contribution < 1.29 is 4.52 Å². The first-order valence-electron chi connectivity index (χ1n) is 11.0. The molecule has 6 nitrogen and oxygen atoms in total. The summed E-state index contributed by atoms with van der Waals surface area (Å²) in [4.78, 5) is 14.5. The van der Waals surface area contributed by atoms with E-state index >= 15 is 0 Å². The molecule has 2 fully saturated rings. The van der Waals surface area contributed by atoms with Crippen molar-refractivity contribution in [2.24, 2.45) is 0 Å². The van der Waals surface area contributed by atoms with Crippen LogP contribution in [0.15, 0.2) is 34.9 Å². The second-order valence-electron chi connectivity index (χ2n) is 8.34. The Labute approximate surface area is 171 Å². The van der Waals surface area contributed by atoms with Gasteiger partial charge in [0.15, 0.2) is 5.82 Å². The lowest BCUT2D eigenvalue weighted by Gasteiger charge is -2.25. The van der Waals surface area contributed by atoms with Crippen molar-refractivity contribution >= 4 is 16.6 Å². The van der Waals surface area contributed by atoms with Crippen LogP contribution in [0.25, 0.3) is 10.9 Å². The summed E-state index contributed by atoms with van der Waals surface area (Å²) < 4.78 is 5.43. The van der Waals surface area contributed by atoms with Crippen molar-refractivity contribution in [3.63, 3.8) is 0 Å². The van der Waals surface area contributed by atoms with Gasteiger partial charge in [-0.2, -0.15) is 4.98 Å². The summed E-state index contributed by atoms with van der Waals surface area (Å²) in [6.45, 7) is 7.14. The second kappa shape index (κ2) is 8.11. The van der Waals surface area contributed by atoms with E-state index in [9.17, 15) is 0 Å². The number of pyridine rings is 1. The number of hydrogen-bond donors (Lipinski definition) is 0. The zero-order valence-electron chi connectivity index (χ0n) is 17.2. The molecule has 29 heavy (non-hydrogen) atoms. The molecule has 0 spiro atoms. The molecular weight excluding hydrogens is 362 g/mol. The molecule has 1 saturated carbocycles. The molecule has 152 valence electrons. The van der Waals surface area contributed by atoms with Gasteiger partial charge in [-0.15, -0.1) is 0 Å². The fourth-order valence-electron chi connectivity index (χ4n) is 4.25. The standard InChI is InChI=1S/C23H29N5O/c1-2-6-18-15-21(19-7-3-4-8-20(19)24-18)28-12-5-11-27(13-14-28)16-22-25-23(29-26-22)17-9-10-17/h3-4,7-8,15,17H,2,5-6,9-14,16H2,1H3. The van der Waals surface area contributed by atoms with Crippen LogP contribution in [0.2, 0.25) is 0 Å². The highest BCUT2D eigenvalue weighted by Gasteiger charge is 2.30. The highest BCUT2D eigenvalue weighted by atomic mass is 16.5. The molecule has 3 heterocycles. The summed E-state index contributed by atoms with van der Waals surface area (Å²) >= 11 is 0. The third-order valence-corrected chi connectivity index (χ3v) is 5.96. The van der Waals surface area contributed by atoms with E-state index in [-0.39, 0.29) is 0 Å². The number of fused-ring (bicyclic) bond motifs is 1. The summed E-state index contributed by atoms with van der Waals surface area (Å²) in [5.74, 6) is 2.19. The molecule has 1 aromatic carbocycles. The van der Waals surface area contributed by atoms with Crippen LogP contribution in [-0.2, 0) is 13.0 Å². The molecule has 0 unspecified atom stereocenters. The van der Waals surface area contributed by atoms with Crippen LogP contribution in [0.4, 0.5) is 5.69 Å². The topological polar surface area (TPSA) is 58.3 Å². The molecule has 3 aromatic rings. The number of benzene rings is 1. The normalized spacial score (nSPS) is 18.3. The number of anilines is 1. The van der Waals surface area contributed by atoms with Crippen LogP contribution >= 0.6 is 0 Å². The number of nitrogens with zero attached hydrogens (tertiary/aromatic N) is 5. The molecule has 0 N–H and O–H groups in total. The highest BCUT2D eigenvalue weighted by Crippen LogP contribution is 2.38. The van der Waals surface area contributed by atoms with Gasteiger partial charge in [-0.1, -0.05) is 36.7 Å². The van der Waals surface area contributed by atoms with E-state index in [4.69, 9.17) is 9.51 Å². The lowest BCUT2D eigenvalue weighted by Crippen LogP contribution is -2.31. The second-order valence-corrected chi connectivity index (χ2v) is 8.34. The number of para-hydroxylation sites is 1. The quantitative estimate of drug-likeness (QED) is 0.629. The van der Waals surface area contributed by atoms with Crippen LogP contribution in [0, 0.1) is 0 Å². The minimum Gasteiger partial charge on any atom is -0.370 e. The van der Waals surface area contributed by atoms with Gasteiger partial charge in [0, 0.05) is 48.9 Å². The lowest BCUT2D eigenvalue weighted by atomic mass is 10.1. The Morgan fingerprint density at radius 2 is 1.97 bits per heavy atom. The van der Waals surface area contributed by atoms with E-state index in [1.807, 2.05) is 0 Å². The predicted octanol–water partition coefficient (Wildman–Crippen LogP) is 4.16. The Balaban J connectivity index is 1.32. The van der Waals surface area contributed by atoms with Crippen molar-refractivity contribution in [3.05, 3.63) is 47.7 Å². The molecule has 5 rings (SSSR count). The van der Waals surface area contributed by atoms with Gasteiger partial charge in [0.2, 0.25) is 5.89 Å². The number of rotatable bonds is 6. The zero-order valence-corrected chi connectivity index (χ0v) is 17.2. The molecule has 0 atom stereocenters. The number of aryl methyl sites for hydroxylation is 1. The molecule has 1 aliphatic carbocycles. The SMILES string of the molecule is CCCc1cc(N2CCCN(Cc3noc(C4CC4)n3)CC2)c2ccccc2n1. The molecule has 0 bridgehead atoms. The summed E-state index contributed by atoms with van der Waals surface area (Å²) in [5.41, 5.74) is 3.63. The van der Waals surface area contributed by atoms with E-state index in [1.54, 1.807) is 0 Å². The van der Waals surface area contributed by atoms with Gasteiger partial charge in [-0.3, -0.25) is 9.88 Å². The van der Waals surface area contributed by atoms with Crippen molar-refractivity contribution in [1.29, 1.82) is 0 Å². The fourth-order valence-corrected chi connectivity index (χ4v) is 4.25. The largest absolute Gasteiger partial charge is 0.370 e. The van der Waals surface area contributed by atoms with Gasteiger partial charge in [0.1, 0.15) is 0 Å². The average molecular weight is 392 g/mol. The predicted molar refractivity (Wildman–Crippen MR) is 114 cm³/mol. The molecule has 2 aromatic heterocycles. The van der Waals surface area contributed by atoms with Gasteiger partial charge in [-0.05, 0) is 37.8 Å².